The maximum Gasteiger partial charge on any atom is 0.587 e. The van der Waals surface area contributed by atoms with E-state index in [1.165, 1.54) is 16.7 Å². The molecule has 3 rings (SSSR count). The minimum Gasteiger partial charge on any atom is -0.358 e. The van der Waals surface area contributed by atoms with Gasteiger partial charge < -0.3 is 4.98 Å². The fourth-order valence-electron chi connectivity index (χ4n) is 3.13. The lowest BCUT2D eigenvalue weighted by molar-refractivity contribution is -0.301. The second-order valence-corrected chi connectivity index (χ2v) is 5.94. The number of rotatable bonds is 2. The maximum absolute atomic E-state index is 6.32. The highest BCUT2D eigenvalue weighted by Gasteiger charge is 2.28. The van der Waals surface area contributed by atoms with Gasteiger partial charge in [-0.15, -0.1) is 0 Å². The third-order valence-corrected chi connectivity index (χ3v) is 4.12. The van der Waals surface area contributed by atoms with Crippen molar-refractivity contribution in [2.45, 2.75) is 27.7 Å². The van der Waals surface area contributed by atoms with Crippen LogP contribution in [-0.4, -0.2) is 23.2 Å². The fraction of sp³-hybridized carbons (Fsp3) is 0.211. The Morgan fingerprint density at radius 2 is 1.73 bits per heavy atom. The number of allylic oxidation sites excluding steroid dienone is 2. The highest BCUT2D eigenvalue weighted by atomic mass is 15.0. The molecule has 0 saturated carbocycles. The van der Waals surface area contributed by atoms with Gasteiger partial charge >= 0.3 is 7.98 Å². The molecule has 1 aromatic heterocycles. The minimum absolute atomic E-state index is 1.06. The highest BCUT2D eigenvalue weighted by molar-refractivity contribution is 6.07. The number of hydrogen-bond acceptors (Lipinski definition) is 0. The van der Waals surface area contributed by atoms with Crippen molar-refractivity contribution in [2.75, 3.05) is 0 Å². The van der Waals surface area contributed by atoms with Gasteiger partial charge in [0.15, 0.2) is 11.4 Å². The van der Waals surface area contributed by atoms with Crippen LogP contribution in [0, 0.1) is 13.8 Å². The Kier molecular flexibility index (Phi) is 3.65. The van der Waals surface area contributed by atoms with Gasteiger partial charge in [0.2, 0.25) is 0 Å². The Balaban J connectivity index is 2.36. The van der Waals surface area contributed by atoms with Gasteiger partial charge in [-0.3, -0.25) is 4.49 Å². The predicted molar refractivity (Wildman–Crippen MR) is 93.2 cm³/mol. The normalized spacial score (nSPS) is 17.0. The highest BCUT2D eigenvalue weighted by Crippen LogP contribution is 2.33. The molecule has 1 aliphatic rings. The summed E-state index contributed by atoms with van der Waals surface area (Å²) < 4.78 is 1.78. The van der Waals surface area contributed by atoms with E-state index in [0.29, 0.717) is 0 Å². The first-order valence-corrected chi connectivity index (χ1v) is 7.52. The second kappa shape index (κ2) is 5.49. The summed E-state index contributed by atoms with van der Waals surface area (Å²) in [6, 6.07) is 12.6. The van der Waals surface area contributed by atoms with Crippen LogP contribution in [0.2, 0.25) is 0 Å². The van der Waals surface area contributed by atoms with Crippen molar-refractivity contribution in [2.24, 2.45) is 0 Å². The topological polar surface area (TPSA) is 18.8 Å². The molecule has 108 valence electrons. The smallest absolute Gasteiger partial charge is 0.358 e. The van der Waals surface area contributed by atoms with E-state index in [-0.39, 0.29) is 0 Å². The molecule has 1 N–H and O–H groups in total. The van der Waals surface area contributed by atoms with Gasteiger partial charge in [-0.05, 0) is 38.0 Å². The van der Waals surface area contributed by atoms with Gasteiger partial charge in [0.05, 0.1) is 11.3 Å². The van der Waals surface area contributed by atoms with Crippen molar-refractivity contribution in [1.29, 1.82) is 0 Å². The number of hydrogen-bond donors (Lipinski definition) is 1. The Morgan fingerprint density at radius 3 is 2.23 bits per heavy atom. The van der Waals surface area contributed by atoms with Crippen LogP contribution in [0.5, 0.6) is 0 Å². The summed E-state index contributed by atoms with van der Waals surface area (Å²) in [5.74, 6) is 0. The SMILES string of the molecule is [B][N+]1=C(C)C=C(C)/C1=C(\c1ccccc1)c1[nH]c(C)cc1C. The van der Waals surface area contributed by atoms with E-state index in [1.807, 2.05) is 13.0 Å². The lowest BCUT2D eigenvalue weighted by Crippen LogP contribution is -2.12. The van der Waals surface area contributed by atoms with Gasteiger partial charge in [0.1, 0.15) is 0 Å². The minimum atomic E-state index is 1.06. The van der Waals surface area contributed by atoms with Crippen molar-refractivity contribution < 1.29 is 4.49 Å². The summed E-state index contributed by atoms with van der Waals surface area (Å²) in [5, 5.41) is 0. The molecule has 0 bridgehead atoms. The molecule has 0 atom stereocenters. The van der Waals surface area contributed by atoms with Crippen LogP contribution in [0.4, 0.5) is 0 Å². The number of aryl methyl sites for hydroxylation is 2. The average Bonchev–Trinajstić information content (AvgIpc) is 2.94. The summed E-state index contributed by atoms with van der Waals surface area (Å²) in [4.78, 5) is 3.50. The molecule has 2 nitrogen and oxygen atoms in total. The van der Waals surface area contributed by atoms with E-state index in [1.54, 1.807) is 4.49 Å². The Bertz CT molecular complexity index is 820. The van der Waals surface area contributed by atoms with Gasteiger partial charge in [-0.2, -0.15) is 0 Å². The molecule has 3 heteroatoms. The van der Waals surface area contributed by atoms with Crippen molar-refractivity contribution in [3.8, 4) is 0 Å². The molecule has 22 heavy (non-hydrogen) atoms. The zero-order chi connectivity index (χ0) is 15.9. The molecule has 1 aromatic carbocycles. The van der Waals surface area contributed by atoms with Crippen molar-refractivity contribution in [3.63, 3.8) is 0 Å². The average molecular weight is 287 g/mol. The molecule has 0 saturated heterocycles. The van der Waals surface area contributed by atoms with E-state index in [0.717, 1.165) is 28.4 Å². The molecular weight excluding hydrogens is 267 g/mol. The van der Waals surface area contributed by atoms with Gasteiger partial charge in [0, 0.05) is 24.3 Å². The molecule has 2 aromatic rings. The van der Waals surface area contributed by atoms with Crippen LogP contribution >= 0.6 is 0 Å². The summed E-state index contributed by atoms with van der Waals surface area (Å²) in [7, 11) is 6.32. The van der Waals surface area contributed by atoms with E-state index < -0.39 is 0 Å². The van der Waals surface area contributed by atoms with E-state index in [9.17, 15) is 0 Å². The molecule has 1 aliphatic heterocycles. The van der Waals surface area contributed by atoms with Gasteiger partial charge in [0.25, 0.3) is 0 Å². The largest absolute Gasteiger partial charge is 0.587 e. The number of aromatic nitrogens is 1. The third kappa shape index (κ3) is 2.37. The quantitative estimate of drug-likeness (QED) is 0.808. The zero-order valence-corrected chi connectivity index (χ0v) is 13.6. The first-order chi connectivity index (χ1) is 10.5. The first-order valence-electron chi connectivity index (χ1n) is 7.52. The number of aromatic amines is 1. The summed E-state index contributed by atoms with van der Waals surface area (Å²) in [5.41, 5.74) is 9.15. The van der Waals surface area contributed by atoms with Gasteiger partial charge in [-0.25, -0.2) is 0 Å². The molecule has 0 spiro atoms. The standard InChI is InChI=1S/C19H20BN2/c1-12-10-14(3)21-18(12)17(16-8-6-5-7-9-16)19-13(2)11-15(4)22(19)20/h5-11,21H,1-4H3/q+1. The van der Waals surface area contributed by atoms with Crippen LogP contribution in [-0.2, 0) is 0 Å². The van der Waals surface area contributed by atoms with Crippen molar-refractivity contribution in [3.05, 3.63) is 76.3 Å². The van der Waals surface area contributed by atoms with Crippen LogP contribution < -0.4 is 0 Å². The lowest BCUT2D eigenvalue weighted by Gasteiger charge is -2.11. The molecular formula is C19H20BN2+. The van der Waals surface area contributed by atoms with Crippen LogP contribution in [0.25, 0.3) is 5.57 Å². The molecule has 0 unspecified atom stereocenters. The molecule has 2 heterocycles. The van der Waals surface area contributed by atoms with E-state index in [2.05, 4.69) is 62.2 Å². The summed E-state index contributed by atoms with van der Waals surface area (Å²) >= 11 is 0. The lowest BCUT2D eigenvalue weighted by atomic mass is 9.95. The van der Waals surface area contributed by atoms with E-state index >= 15 is 0 Å². The molecule has 0 aliphatic carbocycles. The number of benzene rings is 1. The summed E-state index contributed by atoms with van der Waals surface area (Å²) in [6.45, 7) is 8.36. The predicted octanol–water partition coefficient (Wildman–Crippen LogP) is 3.91. The van der Waals surface area contributed by atoms with Crippen LogP contribution in [0.15, 0.2) is 53.7 Å². The molecule has 2 radical (unpaired) electrons. The van der Waals surface area contributed by atoms with E-state index in [4.69, 9.17) is 7.98 Å². The Morgan fingerprint density at radius 1 is 1.05 bits per heavy atom. The number of H-pyrrole nitrogens is 1. The van der Waals surface area contributed by atoms with Crippen molar-refractivity contribution >= 4 is 19.3 Å². The van der Waals surface area contributed by atoms with Crippen LogP contribution in [0.1, 0.15) is 36.4 Å². The first kappa shape index (κ1) is 14.6. The summed E-state index contributed by atoms with van der Waals surface area (Å²) in [6.07, 6.45) is 2.13. The Hall–Kier alpha value is -2.29. The number of nitrogens with one attached hydrogen (secondary N) is 1. The molecule has 0 fully saturated rings. The maximum atomic E-state index is 6.32. The van der Waals surface area contributed by atoms with Gasteiger partial charge in [-0.1, -0.05) is 30.3 Å². The fourth-order valence-corrected chi connectivity index (χ4v) is 3.13. The number of nitrogens with zero attached hydrogens (tertiary/aromatic N) is 1. The Labute approximate surface area is 133 Å². The monoisotopic (exact) mass is 287 g/mol. The van der Waals surface area contributed by atoms with Crippen LogP contribution in [0.3, 0.4) is 0 Å². The third-order valence-electron chi connectivity index (χ3n) is 4.12. The zero-order valence-electron chi connectivity index (χ0n) is 13.6. The van der Waals surface area contributed by atoms with Crippen molar-refractivity contribution in [1.82, 2.24) is 4.98 Å². The second-order valence-electron chi connectivity index (χ2n) is 5.94. The molecule has 0 amide bonds.